The smallest absolute Gasteiger partial charge is 0.408 e. The Hall–Kier alpha value is -2.28. The van der Waals surface area contributed by atoms with E-state index in [4.69, 9.17) is 14.2 Å². The summed E-state index contributed by atoms with van der Waals surface area (Å²) in [6, 6.07) is 5.57. The molecule has 0 bridgehead atoms. The van der Waals surface area contributed by atoms with Crippen molar-refractivity contribution in [2.45, 2.75) is 131 Å². The first-order valence-corrected chi connectivity index (χ1v) is 14.7. The molecule has 1 aromatic carbocycles. The normalized spacial score (nSPS) is 21.1. The summed E-state index contributed by atoms with van der Waals surface area (Å²) in [6.45, 7) is 19.8. The predicted molar refractivity (Wildman–Crippen MR) is 155 cm³/mol. The zero-order valence-electron chi connectivity index (χ0n) is 25.8. The fraction of sp³-hybridized carbons (Fsp3) is 0.750. The summed E-state index contributed by atoms with van der Waals surface area (Å²) in [5.41, 5.74) is 1.75. The minimum atomic E-state index is -0.713. The van der Waals surface area contributed by atoms with Crippen LogP contribution < -0.4 is 10.1 Å². The Kier molecular flexibility index (Phi) is 10.0. The van der Waals surface area contributed by atoms with Gasteiger partial charge in [-0.15, -0.1) is 0 Å². The van der Waals surface area contributed by atoms with Gasteiger partial charge < -0.3 is 24.4 Å². The Bertz CT molecular complexity index is 978. The lowest BCUT2D eigenvalue weighted by Crippen LogP contribution is -2.51. The van der Waals surface area contributed by atoms with Crippen molar-refractivity contribution < 1.29 is 23.8 Å². The standard InChI is InChI=1S/C32H52N2O5/c1-30(2,3)24-11-14-25(15-12-24)38-26-13-10-23-21-34(18-16-22(23)20-26)28(35)27(17-19-37-31(4,5)6)33-29(36)39-32(7,8)9/h10,13,20,24-25,27H,11-12,14-19,21H2,1-9H3,(H,33,36). The molecule has 0 saturated heterocycles. The van der Waals surface area contributed by atoms with Crippen LogP contribution in [0.1, 0.15) is 106 Å². The summed E-state index contributed by atoms with van der Waals surface area (Å²) in [4.78, 5) is 27.9. The number of nitrogens with one attached hydrogen (secondary N) is 1. The summed E-state index contributed by atoms with van der Waals surface area (Å²) < 4.78 is 17.7. The van der Waals surface area contributed by atoms with Crippen molar-refractivity contribution >= 4 is 12.0 Å². The van der Waals surface area contributed by atoms with E-state index in [1.54, 1.807) is 0 Å². The molecule has 2 amide bonds. The lowest BCUT2D eigenvalue weighted by molar-refractivity contribution is -0.135. The Morgan fingerprint density at radius 2 is 1.62 bits per heavy atom. The van der Waals surface area contributed by atoms with Crippen LogP contribution in [0.4, 0.5) is 4.79 Å². The van der Waals surface area contributed by atoms with E-state index in [2.05, 4.69) is 38.2 Å². The number of benzene rings is 1. The number of ether oxygens (including phenoxy) is 3. The van der Waals surface area contributed by atoms with Crippen molar-refractivity contribution in [2.75, 3.05) is 13.2 Å². The number of carbonyl (C=O) groups excluding carboxylic acids is 2. The minimum Gasteiger partial charge on any atom is -0.490 e. The molecule has 1 saturated carbocycles. The molecule has 0 spiro atoms. The number of carbonyl (C=O) groups is 2. The van der Waals surface area contributed by atoms with Crippen molar-refractivity contribution in [1.82, 2.24) is 10.2 Å². The molecule has 7 nitrogen and oxygen atoms in total. The van der Waals surface area contributed by atoms with Crippen molar-refractivity contribution in [3.8, 4) is 5.75 Å². The predicted octanol–water partition coefficient (Wildman–Crippen LogP) is 6.65. The first-order chi connectivity index (χ1) is 18.0. The van der Waals surface area contributed by atoms with E-state index in [1.807, 2.05) is 52.5 Å². The second-order valence-electron chi connectivity index (χ2n) is 14.3. The SMILES string of the molecule is CC(C)(C)OCCC(NC(=O)OC(C)(C)C)C(=O)N1CCc2cc(OC3CCC(C(C)(C)C)CC3)ccc2C1. The van der Waals surface area contributed by atoms with Crippen LogP contribution in [-0.2, 0) is 27.2 Å². The Morgan fingerprint density at radius 3 is 2.21 bits per heavy atom. The zero-order valence-corrected chi connectivity index (χ0v) is 25.8. The monoisotopic (exact) mass is 544 g/mol. The number of hydrogen-bond acceptors (Lipinski definition) is 5. The molecule has 1 aliphatic carbocycles. The minimum absolute atomic E-state index is 0.111. The highest BCUT2D eigenvalue weighted by molar-refractivity contribution is 5.86. The summed E-state index contributed by atoms with van der Waals surface area (Å²) in [5, 5.41) is 2.80. The maximum atomic E-state index is 13.6. The van der Waals surface area contributed by atoms with Crippen LogP contribution in [0, 0.1) is 11.3 Å². The van der Waals surface area contributed by atoms with Gasteiger partial charge in [0, 0.05) is 26.1 Å². The van der Waals surface area contributed by atoms with Gasteiger partial charge in [-0.2, -0.15) is 0 Å². The second kappa shape index (κ2) is 12.5. The number of hydrogen-bond donors (Lipinski definition) is 1. The van der Waals surface area contributed by atoms with Crippen molar-refractivity contribution in [1.29, 1.82) is 0 Å². The van der Waals surface area contributed by atoms with Gasteiger partial charge in [-0.3, -0.25) is 4.79 Å². The number of fused-ring (bicyclic) bond motifs is 1. The van der Waals surface area contributed by atoms with E-state index in [0.717, 1.165) is 36.5 Å². The number of rotatable bonds is 7. The molecule has 7 heteroatoms. The lowest BCUT2D eigenvalue weighted by atomic mass is 9.72. The Labute approximate surface area is 236 Å². The maximum Gasteiger partial charge on any atom is 0.408 e. The third kappa shape index (κ3) is 10.0. The number of amides is 2. The van der Waals surface area contributed by atoms with Gasteiger partial charge in [0.05, 0.1) is 11.7 Å². The fourth-order valence-corrected chi connectivity index (χ4v) is 5.44. The van der Waals surface area contributed by atoms with Gasteiger partial charge in [0.1, 0.15) is 17.4 Å². The highest BCUT2D eigenvalue weighted by Gasteiger charge is 2.32. The van der Waals surface area contributed by atoms with E-state index in [9.17, 15) is 9.59 Å². The first-order valence-electron chi connectivity index (χ1n) is 14.7. The van der Waals surface area contributed by atoms with Gasteiger partial charge in [0.2, 0.25) is 5.91 Å². The van der Waals surface area contributed by atoms with Gasteiger partial charge >= 0.3 is 6.09 Å². The van der Waals surface area contributed by atoms with Crippen LogP contribution in [0.3, 0.4) is 0 Å². The second-order valence-corrected chi connectivity index (χ2v) is 14.3. The quantitative estimate of drug-likeness (QED) is 0.416. The zero-order chi connectivity index (χ0) is 29.0. The summed E-state index contributed by atoms with van der Waals surface area (Å²) in [7, 11) is 0. The molecule has 1 atom stereocenters. The van der Waals surface area contributed by atoms with Gasteiger partial charge in [-0.1, -0.05) is 26.8 Å². The van der Waals surface area contributed by atoms with Crippen LogP contribution in [0.15, 0.2) is 18.2 Å². The van der Waals surface area contributed by atoms with Gasteiger partial charge in [0.25, 0.3) is 0 Å². The van der Waals surface area contributed by atoms with Crippen molar-refractivity contribution in [3.63, 3.8) is 0 Å². The Morgan fingerprint density at radius 1 is 0.949 bits per heavy atom. The molecule has 39 heavy (non-hydrogen) atoms. The van der Waals surface area contributed by atoms with Crippen LogP contribution in [-0.4, -0.2) is 53.4 Å². The molecular formula is C32H52N2O5. The molecule has 0 aromatic heterocycles. The van der Waals surface area contributed by atoms with Gasteiger partial charge in [0.15, 0.2) is 0 Å². The molecular weight excluding hydrogens is 492 g/mol. The number of nitrogens with zero attached hydrogens (tertiary/aromatic N) is 1. The number of alkyl carbamates (subject to hydrolysis) is 1. The van der Waals surface area contributed by atoms with E-state index < -0.39 is 17.7 Å². The lowest BCUT2D eigenvalue weighted by Gasteiger charge is -2.37. The molecule has 1 unspecified atom stereocenters. The van der Waals surface area contributed by atoms with Crippen LogP contribution in [0.5, 0.6) is 5.75 Å². The van der Waals surface area contributed by atoms with Gasteiger partial charge in [-0.05, 0) is 108 Å². The molecule has 220 valence electrons. The topological polar surface area (TPSA) is 77.1 Å². The highest BCUT2D eigenvalue weighted by atomic mass is 16.6. The van der Waals surface area contributed by atoms with Crippen LogP contribution in [0.2, 0.25) is 0 Å². The molecule has 1 aliphatic heterocycles. The molecule has 2 aliphatic rings. The third-order valence-electron chi connectivity index (χ3n) is 7.63. The maximum absolute atomic E-state index is 13.6. The Balaban J connectivity index is 1.61. The van der Waals surface area contributed by atoms with E-state index in [-0.39, 0.29) is 17.6 Å². The molecule has 3 rings (SSSR count). The fourth-order valence-electron chi connectivity index (χ4n) is 5.44. The highest BCUT2D eigenvalue weighted by Crippen LogP contribution is 2.39. The average Bonchev–Trinajstić information content (AvgIpc) is 2.80. The van der Waals surface area contributed by atoms with Crippen LogP contribution in [0.25, 0.3) is 0 Å². The largest absolute Gasteiger partial charge is 0.490 e. The van der Waals surface area contributed by atoms with Crippen LogP contribution >= 0.6 is 0 Å². The average molecular weight is 545 g/mol. The molecule has 1 N–H and O–H groups in total. The first kappa shape index (κ1) is 31.3. The summed E-state index contributed by atoms with van der Waals surface area (Å²) >= 11 is 0. The molecule has 0 radical (unpaired) electrons. The summed E-state index contributed by atoms with van der Waals surface area (Å²) in [5.74, 6) is 1.58. The van der Waals surface area contributed by atoms with E-state index >= 15 is 0 Å². The molecule has 1 aromatic rings. The van der Waals surface area contributed by atoms with Crippen molar-refractivity contribution in [3.05, 3.63) is 29.3 Å². The van der Waals surface area contributed by atoms with Gasteiger partial charge in [-0.25, -0.2) is 4.79 Å². The molecule has 1 fully saturated rings. The van der Waals surface area contributed by atoms with Crippen molar-refractivity contribution in [2.24, 2.45) is 11.3 Å². The summed E-state index contributed by atoms with van der Waals surface area (Å²) in [6.07, 6.45) is 5.46. The van der Waals surface area contributed by atoms with E-state index in [1.165, 1.54) is 18.4 Å². The molecule has 1 heterocycles. The third-order valence-corrected chi connectivity index (χ3v) is 7.63. The van der Waals surface area contributed by atoms with E-state index in [0.29, 0.717) is 31.5 Å².